The molecule has 5 atom stereocenters. The number of rotatable bonds is 18. The van der Waals surface area contributed by atoms with Crippen molar-refractivity contribution in [2.75, 3.05) is 20.3 Å². The van der Waals surface area contributed by atoms with E-state index in [4.69, 9.17) is 33.7 Å². The molecule has 1 fully saturated rings. The van der Waals surface area contributed by atoms with Gasteiger partial charge in [-0.15, -0.1) is 4.76 Å². The third-order valence-corrected chi connectivity index (χ3v) is 8.72. The molecule has 0 radical (unpaired) electrons. The van der Waals surface area contributed by atoms with Gasteiger partial charge in [-0.3, -0.25) is 0 Å². The van der Waals surface area contributed by atoms with Crippen LogP contribution in [0.25, 0.3) is 0 Å². The molecule has 0 spiro atoms. The van der Waals surface area contributed by atoms with Crippen molar-refractivity contribution in [3.63, 3.8) is 0 Å². The zero-order chi connectivity index (χ0) is 32.6. The molecule has 0 heterocycles. The Bertz CT molecular complexity index is 903. The van der Waals surface area contributed by atoms with Gasteiger partial charge in [-0.25, -0.2) is 28.0 Å². The molecule has 0 amide bonds. The number of aliphatic carboxylic acids is 1. The minimum Gasteiger partial charge on any atom is -0.480 e. The first-order valence-corrected chi connectivity index (χ1v) is 16.8. The maximum Gasteiger partial charge on any atom is 0.510 e. The standard InChI is InChI=1S/C28H52N3O11P/c1-8-17-37-27(34)39-24(19(5)10-3)41-43(36,42-25(20(6)11-4)40-28(35)38-18-9-2)30-26(29)31(7)22(23(32)33)21-15-13-12-14-16-21/h19-22,24-25H,8-18H2,1-7H3,(H,32,33)(H2,29,30,36). The average Bonchev–Trinajstić information content (AvgIpc) is 2.97. The molecule has 1 aliphatic rings. The number of hydrogen-bond donors (Lipinski definition) is 2. The fourth-order valence-electron chi connectivity index (χ4n) is 4.30. The number of nitrogens with zero attached hydrogens (tertiary/aromatic N) is 2. The summed E-state index contributed by atoms with van der Waals surface area (Å²) in [6, 6.07) is -1.05. The van der Waals surface area contributed by atoms with Crippen LogP contribution in [0.4, 0.5) is 9.59 Å². The quantitative estimate of drug-likeness (QED) is 0.0563. The van der Waals surface area contributed by atoms with Crippen LogP contribution < -0.4 is 5.73 Å². The summed E-state index contributed by atoms with van der Waals surface area (Å²) in [4.78, 5) is 38.2. The van der Waals surface area contributed by atoms with Gasteiger partial charge in [0.25, 0.3) is 0 Å². The van der Waals surface area contributed by atoms with Crippen molar-refractivity contribution in [2.45, 2.75) is 118 Å². The summed E-state index contributed by atoms with van der Waals surface area (Å²) in [7, 11) is -3.35. The normalized spacial score (nSPS) is 19.2. The first kappa shape index (κ1) is 38.5. The van der Waals surface area contributed by atoms with Gasteiger partial charge in [-0.05, 0) is 44.4 Å². The first-order valence-electron chi connectivity index (χ1n) is 15.3. The molecule has 5 unspecified atom stereocenters. The van der Waals surface area contributed by atoms with Crippen LogP contribution in [-0.4, -0.2) is 73.1 Å². The first-order chi connectivity index (χ1) is 20.3. The highest BCUT2D eigenvalue weighted by molar-refractivity contribution is 7.52. The van der Waals surface area contributed by atoms with Gasteiger partial charge in [-0.2, -0.15) is 0 Å². The second kappa shape index (κ2) is 19.7. The number of carbonyl (C=O) groups excluding carboxylic acids is 2. The molecule has 1 aliphatic carbocycles. The molecular formula is C28H52N3O11P. The summed E-state index contributed by atoms with van der Waals surface area (Å²) in [5.74, 6) is -2.77. The Labute approximate surface area is 255 Å². The molecule has 15 heteroatoms. The Morgan fingerprint density at radius 3 is 1.70 bits per heavy atom. The smallest absolute Gasteiger partial charge is 0.480 e. The Balaban J connectivity index is 3.52. The molecule has 250 valence electrons. The van der Waals surface area contributed by atoms with Crippen LogP contribution in [0.1, 0.15) is 99.3 Å². The van der Waals surface area contributed by atoms with Crippen LogP contribution in [0.5, 0.6) is 0 Å². The van der Waals surface area contributed by atoms with Crippen molar-refractivity contribution in [3.8, 4) is 0 Å². The van der Waals surface area contributed by atoms with Gasteiger partial charge < -0.3 is 34.7 Å². The van der Waals surface area contributed by atoms with E-state index in [1.807, 2.05) is 13.8 Å². The zero-order valence-electron chi connectivity index (χ0n) is 26.7. The number of carbonyl (C=O) groups is 3. The number of carboxylic acid groups (broad SMARTS) is 1. The Morgan fingerprint density at radius 2 is 1.33 bits per heavy atom. The molecule has 43 heavy (non-hydrogen) atoms. The van der Waals surface area contributed by atoms with Crippen LogP contribution in [0.2, 0.25) is 0 Å². The highest BCUT2D eigenvalue weighted by Crippen LogP contribution is 2.54. The van der Waals surface area contributed by atoms with E-state index in [1.54, 1.807) is 27.7 Å². The van der Waals surface area contributed by atoms with Gasteiger partial charge in [0.1, 0.15) is 6.04 Å². The van der Waals surface area contributed by atoms with E-state index in [9.17, 15) is 24.1 Å². The van der Waals surface area contributed by atoms with E-state index in [0.29, 0.717) is 38.5 Å². The summed E-state index contributed by atoms with van der Waals surface area (Å²) >= 11 is 0. The summed E-state index contributed by atoms with van der Waals surface area (Å²) in [5, 5.41) is 10.1. The largest absolute Gasteiger partial charge is 0.510 e. The molecular weight excluding hydrogens is 585 g/mol. The molecule has 0 aliphatic heterocycles. The lowest BCUT2D eigenvalue weighted by Crippen LogP contribution is -2.50. The number of ether oxygens (including phenoxy) is 4. The van der Waals surface area contributed by atoms with Crippen LogP contribution in [0, 0.1) is 17.8 Å². The number of hydrogen-bond acceptors (Lipinski definition) is 10. The fourth-order valence-corrected chi connectivity index (χ4v) is 5.87. The maximum atomic E-state index is 14.4. The summed E-state index contributed by atoms with van der Waals surface area (Å²) in [6.45, 7) is 10.8. The predicted molar refractivity (Wildman–Crippen MR) is 159 cm³/mol. The van der Waals surface area contributed by atoms with Gasteiger partial charge in [0.15, 0.2) is 0 Å². The third-order valence-electron chi connectivity index (χ3n) is 7.32. The maximum absolute atomic E-state index is 14.4. The second-order valence-electron chi connectivity index (χ2n) is 10.9. The monoisotopic (exact) mass is 637 g/mol. The minimum absolute atomic E-state index is 0.0949. The second-order valence-corrected chi connectivity index (χ2v) is 12.4. The van der Waals surface area contributed by atoms with E-state index in [-0.39, 0.29) is 19.1 Å². The van der Waals surface area contributed by atoms with E-state index in [0.717, 1.165) is 19.3 Å². The molecule has 14 nitrogen and oxygen atoms in total. The molecule has 3 N–H and O–H groups in total. The fraction of sp³-hybridized carbons (Fsp3) is 0.857. The molecule has 0 aromatic rings. The molecule has 0 aromatic carbocycles. The molecule has 1 rings (SSSR count). The van der Waals surface area contributed by atoms with E-state index in [1.165, 1.54) is 11.9 Å². The van der Waals surface area contributed by atoms with Crippen molar-refractivity contribution in [3.05, 3.63) is 0 Å². The zero-order valence-corrected chi connectivity index (χ0v) is 27.6. The Hall–Kier alpha value is -2.57. The lowest BCUT2D eigenvalue weighted by molar-refractivity contribution is -0.144. The third kappa shape index (κ3) is 13.3. The van der Waals surface area contributed by atoms with Crippen LogP contribution in [-0.2, 0) is 37.4 Å². The van der Waals surface area contributed by atoms with E-state index < -0.39 is 62.4 Å². The van der Waals surface area contributed by atoms with Gasteiger partial charge in [0, 0.05) is 18.9 Å². The lowest BCUT2D eigenvalue weighted by atomic mass is 9.83. The predicted octanol–water partition coefficient (Wildman–Crippen LogP) is 6.28. The molecule has 0 saturated heterocycles. The Morgan fingerprint density at radius 1 is 0.884 bits per heavy atom. The van der Waals surface area contributed by atoms with E-state index >= 15 is 0 Å². The molecule has 0 aromatic heterocycles. The highest BCUT2D eigenvalue weighted by Gasteiger charge is 2.41. The number of nitrogens with two attached hydrogens (primary N) is 1. The van der Waals surface area contributed by atoms with Gasteiger partial charge >= 0.3 is 26.0 Å². The SMILES string of the molecule is CCCOC(=O)OC(OP(=O)(N=C(N)N(C)C(C(=O)O)C1CCCCC1)OC(OC(=O)OCCC)C(C)CC)C(C)CC. The number of guanidine groups is 1. The topological polar surface area (TPSA) is 186 Å². The highest BCUT2D eigenvalue weighted by atomic mass is 31.2. The molecule has 1 saturated carbocycles. The summed E-state index contributed by atoms with van der Waals surface area (Å²) in [5.41, 5.74) is 6.27. The van der Waals surface area contributed by atoms with Crippen molar-refractivity contribution in [1.29, 1.82) is 0 Å². The van der Waals surface area contributed by atoms with Crippen molar-refractivity contribution >= 4 is 32.0 Å². The average molecular weight is 638 g/mol. The minimum atomic E-state index is -4.79. The van der Waals surface area contributed by atoms with Crippen molar-refractivity contribution in [1.82, 2.24) is 4.90 Å². The van der Waals surface area contributed by atoms with Crippen LogP contribution in [0.3, 0.4) is 0 Å². The van der Waals surface area contributed by atoms with Gasteiger partial charge in [-0.1, -0.05) is 60.8 Å². The van der Waals surface area contributed by atoms with Crippen molar-refractivity contribution < 1.29 is 52.1 Å². The number of carboxylic acids is 1. The van der Waals surface area contributed by atoms with Crippen LogP contribution in [0.15, 0.2) is 4.76 Å². The van der Waals surface area contributed by atoms with Crippen molar-refractivity contribution in [2.24, 2.45) is 28.3 Å². The van der Waals surface area contributed by atoms with Gasteiger partial charge in [0.2, 0.25) is 18.5 Å². The number of likely N-dealkylation sites (N-methyl/N-ethyl adjacent to an activating group) is 1. The van der Waals surface area contributed by atoms with Crippen LogP contribution >= 0.6 is 7.75 Å². The summed E-state index contributed by atoms with van der Waals surface area (Å²) in [6.07, 6.45) is 1.11. The Kier molecular flexibility index (Phi) is 17.6. The lowest BCUT2D eigenvalue weighted by Gasteiger charge is -2.35. The summed E-state index contributed by atoms with van der Waals surface area (Å²) < 4.78 is 50.7. The molecule has 0 bridgehead atoms. The van der Waals surface area contributed by atoms with Gasteiger partial charge in [0.05, 0.1) is 13.2 Å². The van der Waals surface area contributed by atoms with E-state index in [2.05, 4.69) is 4.76 Å².